The number of amides is 4. The first-order valence-electron chi connectivity index (χ1n) is 10.6. The lowest BCUT2D eigenvalue weighted by Gasteiger charge is -2.29. The van der Waals surface area contributed by atoms with Gasteiger partial charge in [-0.3, -0.25) is 14.4 Å². The van der Waals surface area contributed by atoms with Gasteiger partial charge < -0.3 is 20.7 Å². The number of ether oxygens (including phenoxy) is 1. The number of morpholine rings is 1. The minimum Gasteiger partial charge on any atom is -0.378 e. The molecule has 0 unspecified atom stereocenters. The molecule has 10 heteroatoms. The van der Waals surface area contributed by atoms with Gasteiger partial charge in [-0.2, -0.15) is 5.10 Å². The van der Waals surface area contributed by atoms with Crippen molar-refractivity contribution in [2.45, 2.75) is 57.9 Å². The Morgan fingerprint density at radius 3 is 2.43 bits per heavy atom. The van der Waals surface area contributed by atoms with Gasteiger partial charge in [-0.1, -0.05) is 25.7 Å². The van der Waals surface area contributed by atoms with E-state index in [0.717, 1.165) is 25.7 Å². The fourth-order valence-corrected chi connectivity index (χ4v) is 4.03. The molecule has 0 radical (unpaired) electrons. The maximum atomic E-state index is 13.0. The lowest BCUT2D eigenvalue weighted by molar-refractivity contribution is -0.140. The van der Waals surface area contributed by atoms with Crippen LogP contribution in [0.4, 0.5) is 4.79 Å². The molecule has 2 aliphatic rings. The summed E-state index contributed by atoms with van der Waals surface area (Å²) in [7, 11) is 0. The zero-order valence-electron chi connectivity index (χ0n) is 17.6. The summed E-state index contributed by atoms with van der Waals surface area (Å²) in [5, 5.41) is 6.48. The molecule has 10 nitrogen and oxygen atoms in total. The zero-order valence-corrected chi connectivity index (χ0v) is 17.6. The number of urea groups is 1. The smallest absolute Gasteiger partial charge is 0.332 e. The Balaban J connectivity index is 2.04. The molecule has 168 valence electrons. The highest BCUT2D eigenvalue weighted by Crippen LogP contribution is 2.31. The maximum absolute atomic E-state index is 13.0. The Hall–Kier alpha value is -2.49. The Morgan fingerprint density at radius 2 is 1.83 bits per heavy atom. The van der Waals surface area contributed by atoms with Crippen LogP contribution < -0.4 is 16.5 Å². The molecule has 2 fully saturated rings. The SMILES string of the molecule is CC(=O)C[C@@H](/C=N\NC(N)=O)NC(=O)[C@@H](CC(=O)N1CCOCC1)CC1CCCC1. The van der Waals surface area contributed by atoms with E-state index in [4.69, 9.17) is 10.5 Å². The van der Waals surface area contributed by atoms with Crippen molar-refractivity contribution in [3.63, 3.8) is 0 Å². The van der Waals surface area contributed by atoms with E-state index < -0.39 is 18.0 Å². The number of primary amides is 1. The van der Waals surface area contributed by atoms with Crippen LogP contribution in [-0.4, -0.2) is 67.1 Å². The van der Waals surface area contributed by atoms with E-state index in [9.17, 15) is 19.2 Å². The quantitative estimate of drug-likeness (QED) is 0.347. The lowest BCUT2D eigenvalue weighted by atomic mass is 9.89. The molecule has 1 saturated heterocycles. The maximum Gasteiger partial charge on any atom is 0.332 e. The molecule has 0 aromatic heterocycles. The zero-order chi connectivity index (χ0) is 21.9. The van der Waals surface area contributed by atoms with Crippen LogP contribution in [-0.2, 0) is 19.1 Å². The normalized spacial score (nSPS) is 19.4. The third-order valence-electron chi connectivity index (χ3n) is 5.51. The average Bonchev–Trinajstić information content (AvgIpc) is 3.20. The van der Waals surface area contributed by atoms with E-state index in [1.807, 2.05) is 0 Å². The number of nitrogens with one attached hydrogen (secondary N) is 2. The molecular weight excluding hydrogens is 390 g/mol. The molecule has 1 aliphatic heterocycles. The first-order chi connectivity index (χ1) is 14.3. The van der Waals surface area contributed by atoms with Crippen LogP contribution in [0.5, 0.6) is 0 Å². The van der Waals surface area contributed by atoms with Crippen LogP contribution in [0.2, 0.25) is 0 Å². The number of hydrogen-bond donors (Lipinski definition) is 3. The number of ketones is 1. The largest absolute Gasteiger partial charge is 0.378 e. The molecule has 4 N–H and O–H groups in total. The van der Waals surface area contributed by atoms with Crippen molar-refractivity contribution < 1.29 is 23.9 Å². The van der Waals surface area contributed by atoms with Crippen LogP contribution in [0.25, 0.3) is 0 Å². The number of carbonyl (C=O) groups excluding carboxylic acids is 4. The molecule has 2 atom stereocenters. The molecule has 0 bridgehead atoms. The van der Waals surface area contributed by atoms with Crippen LogP contribution in [0.1, 0.15) is 51.9 Å². The van der Waals surface area contributed by atoms with Crippen molar-refractivity contribution in [3.05, 3.63) is 0 Å². The summed E-state index contributed by atoms with van der Waals surface area (Å²) in [6, 6.07) is -1.53. The summed E-state index contributed by atoms with van der Waals surface area (Å²) in [4.78, 5) is 49.9. The lowest BCUT2D eigenvalue weighted by Crippen LogP contribution is -2.45. The van der Waals surface area contributed by atoms with Crippen molar-refractivity contribution in [1.82, 2.24) is 15.6 Å². The predicted octanol–water partition coefficient (Wildman–Crippen LogP) is 0.550. The summed E-state index contributed by atoms with van der Waals surface area (Å²) in [6.45, 7) is 3.50. The second kappa shape index (κ2) is 12.3. The number of rotatable bonds is 10. The highest BCUT2D eigenvalue weighted by Gasteiger charge is 2.30. The molecule has 1 heterocycles. The van der Waals surface area contributed by atoms with Gasteiger partial charge in [0.2, 0.25) is 11.8 Å². The van der Waals surface area contributed by atoms with Gasteiger partial charge in [-0.15, -0.1) is 0 Å². The van der Waals surface area contributed by atoms with E-state index in [1.165, 1.54) is 13.1 Å². The minimum absolute atomic E-state index is 0.0310. The topological polar surface area (TPSA) is 143 Å². The number of nitrogens with two attached hydrogens (primary N) is 1. The van der Waals surface area contributed by atoms with E-state index in [0.29, 0.717) is 38.6 Å². The first-order valence-corrected chi connectivity index (χ1v) is 10.6. The number of hydrogen-bond acceptors (Lipinski definition) is 6. The van der Waals surface area contributed by atoms with Crippen molar-refractivity contribution in [1.29, 1.82) is 0 Å². The summed E-state index contributed by atoms with van der Waals surface area (Å²) >= 11 is 0. The molecule has 2 rings (SSSR count). The molecular formula is C20H33N5O5. The number of nitrogens with zero attached hydrogens (tertiary/aromatic N) is 2. The third kappa shape index (κ3) is 8.48. The highest BCUT2D eigenvalue weighted by molar-refractivity contribution is 5.89. The number of carbonyl (C=O) groups is 4. The van der Waals surface area contributed by atoms with E-state index in [2.05, 4.69) is 15.8 Å². The van der Waals surface area contributed by atoms with Gasteiger partial charge in [0.1, 0.15) is 5.78 Å². The highest BCUT2D eigenvalue weighted by atomic mass is 16.5. The Morgan fingerprint density at radius 1 is 1.17 bits per heavy atom. The summed E-state index contributed by atoms with van der Waals surface area (Å²) in [5.74, 6) is -0.517. The average molecular weight is 424 g/mol. The molecule has 4 amide bonds. The first kappa shape index (κ1) is 23.8. The second-order valence-corrected chi connectivity index (χ2v) is 8.06. The second-order valence-electron chi connectivity index (χ2n) is 8.06. The summed E-state index contributed by atoms with van der Waals surface area (Å²) < 4.78 is 5.30. The fraction of sp³-hybridized carbons (Fsp3) is 0.750. The molecule has 0 spiro atoms. The van der Waals surface area contributed by atoms with Gasteiger partial charge >= 0.3 is 6.03 Å². The van der Waals surface area contributed by atoms with Gasteiger partial charge in [0, 0.05) is 38.1 Å². The monoisotopic (exact) mass is 423 g/mol. The van der Waals surface area contributed by atoms with Crippen molar-refractivity contribution in [3.8, 4) is 0 Å². The summed E-state index contributed by atoms with van der Waals surface area (Å²) in [5.41, 5.74) is 7.04. The van der Waals surface area contributed by atoms with Crippen molar-refractivity contribution in [2.24, 2.45) is 22.7 Å². The number of hydrazone groups is 1. The van der Waals surface area contributed by atoms with Crippen molar-refractivity contribution >= 4 is 29.8 Å². The van der Waals surface area contributed by atoms with Gasteiger partial charge in [0.05, 0.1) is 19.3 Å². The molecule has 0 aromatic carbocycles. The van der Waals surface area contributed by atoms with Crippen LogP contribution in [0.3, 0.4) is 0 Å². The van der Waals surface area contributed by atoms with E-state index in [1.54, 1.807) is 4.90 Å². The van der Waals surface area contributed by atoms with Crippen LogP contribution in [0, 0.1) is 11.8 Å². The molecule has 0 aromatic rings. The Bertz CT molecular complexity index is 641. The Labute approximate surface area is 176 Å². The standard InChI is InChI=1S/C20H33N5O5/c1-14(26)10-17(13-22-24-20(21)29)23-19(28)16(11-15-4-2-3-5-15)12-18(27)25-6-8-30-9-7-25/h13,15-17H,2-12H2,1H3,(H,23,28)(H3,21,24,29)/b22-13-/t16-,17+/m1/s1. The van der Waals surface area contributed by atoms with Gasteiger partial charge in [-0.25, -0.2) is 10.2 Å². The van der Waals surface area contributed by atoms with Gasteiger partial charge in [0.15, 0.2) is 0 Å². The van der Waals surface area contributed by atoms with Gasteiger partial charge in [0.25, 0.3) is 0 Å². The number of Topliss-reactive ketones (excluding diaryl/α,β-unsaturated/α-hetero) is 1. The Kier molecular flexibility index (Phi) is 9.72. The van der Waals surface area contributed by atoms with Gasteiger partial charge in [-0.05, 0) is 19.3 Å². The third-order valence-corrected chi connectivity index (χ3v) is 5.51. The molecule has 30 heavy (non-hydrogen) atoms. The predicted molar refractivity (Wildman–Crippen MR) is 111 cm³/mol. The van der Waals surface area contributed by atoms with Crippen LogP contribution >= 0.6 is 0 Å². The van der Waals surface area contributed by atoms with E-state index in [-0.39, 0.29) is 30.4 Å². The summed E-state index contributed by atoms with van der Waals surface area (Å²) in [6.07, 6.45) is 6.51. The molecule has 1 saturated carbocycles. The molecule has 1 aliphatic carbocycles. The minimum atomic E-state index is -0.839. The van der Waals surface area contributed by atoms with Crippen LogP contribution in [0.15, 0.2) is 5.10 Å². The van der Waals surface area contributed by atoms with Crippen molar-refractivity contribution in [2.75, 3.05) is 26.3 Å². The van der Waals surface area contributed by atoms with E-state index >= 15 is 0 Å². The fourth-order valence-electron chi connectivity index (χ4n) is 4.03.